The maximum absolute atomic E-state index is 9.46. The molecule has 0 saturated carbocycles. The highest BCUT2D eigenvalue weighted by atomic mass is 127. The van der Waals surface area contributed by atoms with Crippen LogP contribution in [-0.4, -0.2) is 19.4 Å². The largest absolute Gasteiger partial charge is 0.493 e. The second kappa shape index (κ2) is 10.0. The summed E-state index contributed by atoms with van der Waals surface area (Å²) in [7, 11) is 0. The number of ether oxygens (including phenoxy) is 2. The minimum absolute atomic E-state index is 0.316. The minimum atomic E-state index is -0.316. The SMILES string of the molecule is CCOc1cc(CC(C#N)C=Nc2ccccc2)cc(OCC)c1I. The molecule has 5 heteroatoms. The normalized spacial score (nSPS) is 11.9. The van der Waals surface area contributed by atoms with E-state index in [0.29, 0.717) is 19.6 Å². The summed E-state index contributed by atoms with van der Waals surface area (Å²) in [5.74, 6) is 1.27. The molecule has 0 spiro atoms. The topological polar surface area (TPSA) is 54.6 Å². The van der Waals surface area contributed by atoms with Crippen LogP contribution in [0.25, 0.3) is 0 Å². The lowest BCUT2D eigenvalue weighted by Gasteiger charge is -2.14. The first kappa shape index (κ1) is 19.3. The molecule has 0 saturated heterocycles. The van der Waals surface area contributed by atoms with Gasteiger partial charge in [-0.3, -0.25) is 4.99 Å². The van der Waals surface area contributed by atoms with Gasteiger partial charge in [0.15, 0.2) is 0 Å². The van der Waals surface area contributed by atoms with E-state index >= 15 is 0 Å². The number of nitriles is 1. The molecule has 130 valence electrons. The molecule has 2 aromatic rings. The standard InChI is InChI=1S/C20H21IN2O2/c1-3-24-18-11-15(12-19(20(18)21)25-4-2)10-16(13-22)14-23-17-8-6-5-7-9-17/h5-9,11-12,14,16H,3-4,10H2,1-2H3. The van der Waals surface area contributed by atoms with E-state index in [0.717, 1.165) is 26.3 Å². The fourth-order valence-electron chi connectivity index (χ4n) is 2.34. The van der Waals surface area contributed by atoms with Crippen molar-refractivity contribution in [2.45, 2.75) is 20.3 Å². The molecule has 0 radical (unpaired) electrons. The number of hydrogen-bond donors (Lipinski definition) is 0. The molecule has 2 aromatic carbocycles. The predicted octanol–water partition coefficient (Wildman–Crippen LogP) is 5.17. The van der Waals surface area contributed by atoms with Gasteiger partial charge in [0.05, 0.1) is 34.5 Å². The third-order valence-corrected chi connectivity index (χ3v) is 4.51. The van der Waals surface area contributed by atoms with Gasteiger partial charge in [-0.05, 0) is 72.7 Å². The monoisotopic (exact) mass is 448 g/mol. The highest BCUT2D eigenvalue weighted by Crippen LogP contribution is 2.33. The van der Waals surface area contributed by atoms with Crippen molar-refractivity contribution in [2.75, 3.05) is 13.2 Å². The molecule has 0 heterocycles. The highest BCUT2D eigenvalue weighted by Gasteiger charge is 2.14. The fourth-order valence-corrected chi connectivity index (χ4v) is 2.96. The first-order valence-corrected chi connectivity index (χ1v) is 9.32. The average Bonchev–Trinajstić information content (AvgIpc) is 2.63. The molecular weight excluding hydrogens is 427 g/mol. The molecular formula is C20H21IN2O2. The zero-order valence-electron chi connectivity index (χ0n) is 14.4. The predicted molar refractivity (Wildman–Crippen MR) is 109 cm³/mol. The summed E-state index contributed by atoms with van der Waals surface area (Å²) >= 11 is 2.23. The number of benzene rings is 2. The number of rotatable bonds is 8. The van der Waals surface area contributed by atoms with E-state index in [1.54, 1.807) is 6.21 Å². The molecule has 2 rings (SSSR count). The van der Waals surface area contributed by atoms with Crippen LogP contribution < -0.4 is 9.47 Å². The van der Waals surface area contributed by atoms with E-state index in [4.69, 9.17) is 9.47 Å². The van der Waals surface area contributed by atoms with Crippen molar-refractivity contribution in [1.82, 2.24) is 0 Å². The second-order valence-corrected chi connectivity index (χ2v) is 6.40. The summed E-state index contributed by atoms with van der Waals surface area (Å²) in [4.78, 5) is 4.40. The Morgan fingerprint density at radius 1 is 1.12 bits per heavy atom. The Morgan fingerprint density at radius 2 is 1.72 bits per heavy atom. The van der Waals surface area contributed by atoms with Crippen molar-refractivity contribution in [3.63, 3.8) is 0 Å². The van der Waals surface area contributed by atoms with Gasteiger partial charge >= 0.3 is 0 Å². The van der Waals surface area contributed by atoms with Gasteiger partial charge in [-0.15, -0.1) is 0 Å². The molecule has 0 aliphatic heterocycles. The first-order chi connectivity index (χ1) is 12.2. The summed E-state index contributed by atoms with van der Waals surface area (Å²) in [6.45, 7) is 5.08. The van der Waals surface area contributed by atoms with Crippen molar-refractivity contribution in [3.05, 3.63) is 51.6 Å². The lowest BCUT2D eigenvalue weighted by molar-refractivity contribution is 0.318. The number of hydrogen-bond acceptors (Lipinski definition) is 4. The van der Waals surface area contributed by atoms with Crippen LogP contribution in [0.3, 0.4) is 0 Å². The van der Waals surface area contributed by atoms with Crippen LogP contribution in [0.15, 0.2) is 47.5 Å². The van der Waals surface area contributed by atoms with Gasteiger partial charge in [0.25, 0.3) is 0 Å². The van der Waals surface area contributed by atoms with E-state index in [1.807, 2.05) is 56.3 Å². The molecule has 0 N–H and O–H groups in total. The van der Waals surface area contributed by atoms with Crippen LogP contribution in [0.5, 0.6) is 11.5 Å². The second-order valence-electron chi connectivity index (χ2n) is 5.33. The van der Waals surface area contributed by atoms with Crippen LogP contribution in [0.4, 0.5) is 5.69 Å². The van der Waals surface area contributed by atoms with E-state index in [-0.39, 0.29) is 5.92 Å². The van der Waals surface area contributed by atoms with Gasteiger partial charge in [0.1, 0.15) is 11.5 Å². The zero-order chi connectivity index (χ0) is 18.1. The van der Waals surface area contributed by atoms with Crippen LogP contribution in [0, 0.1) is 20.8 Å². The highest BCUT2D eigenvalue weighted by molar-refractivity contribution is 14.1. The quantitative estimate of drug-likeness (QED) is 0.414. The van der Waals surface area contributed by atoms with Crippen LogP contribution in [-0.2, 0) is 6.42 Å². The number of aliphatic imine (C=N–C) groups is 1. The molecule has 4 nitrogen and oxygen atoms in total. The smallest absolute Gasteiger partial charge is 0.136 e. The Balaban J connectivity index is 2.21. The van der Waals surface area contributed by atoms with Crippen molar-refractivity contribution >= 4 is 34.5 Å². The summed E-state index contributed by atoms with van der Waals surface area (Å²) in [5.41, 5.74) is 1.84. The summed E-state index contributed by atoms with van der Waals surface area (Å²) in [6.07, 6.45) is 2.26. The minimum Gasteiger partial charge on any atom is -0.493 e. The Bertz CT molecular complexity index is 727. The lowest BCUT2D eigenvalue weighted by Crippen LogP contribution is -2.06. The van der Waals surface area contributed by atoms with Gasteiger partial charge in [-0.25, -0.2) is 0 Å². The zero-order valence-corrected chi connectivity index (χ0v) is 16.6. The van der Waals surface area contributed by atoms with Gasteiger partial charge in [-0.1, -0.05) is 18.2 Å². The molecule has 0 bridgehead atoms. The van der Waals surface area contributed by atoms with Gasteiger partial charge in [-0.2, -0.15) is 5.26 Å². The Labute approximate surface area is 162 Å². The van der Waals surface area contributed by atoms with Gasteiger partial charge in [0.2, 0.25) is 0 Å². The van der Waals surface area contributed by atoms with Crippen molar-refractivity contribution in [2.24, 2.45) is 10.9 Å². The molecule has 1 unspecified atom stereocenters. The molecule has 25 heavy (non-hydrogen) atoms. The van der Waals surface area contributed by atoms with E-state index in [9.17, 15) is 5.26 Å². The summed E-state index contributed by atoms with van der Waals surface area (Å²) < 4.78 is 12.4. The molecule has 0 amide bonds. The van der Waals surface area contributed by atoms with Gasteiger partial charge < -0.3 is 9.47 Å². The molecule has 0 aliphatic rings. The fraction of sp³-hybridized carbons (Fsp3) is 0.300. The van der Waals surface area contributed by atoms with Crippen LogP contribution in [0.2, 0.25) is 0 Å². The van der Waals surface area contributed by atoms with Crippen LogP contribution >= 0.6 is 22.6 Å². The Hall–Kier alpha value is -2.07. The maximum atomic E-state index is 9.46. The number of halogens is 1. The van der Waals surface area contributed by atoms with E-state index in [2.05, 4.69) is 33.7 Å². The van der Waals surface area contributed by atoms with Crippen LogP contribution in [0.1, 0.15) is 19.4 Å². The summed E-state index contributed by atoms with van der Waals surface area (Å²) in [5, 5.41) is 9.46. The molecule has 0 fully saturated rings. The van der Waals surface area contributed by atoms with Crippen molar-refractivity contribution in [1.29, 1.82) is 5.26 Å². The van der Waals surface area contributed by atoms with Crippen molar-refractivity contribution < 1.29 is 9.47 Å². The van der Waals surface area contributed by atoms with Gasteiger partial charge in [0, 0.05) is 6.21 Å². The van der Waals surface area contributed by atoms with E-state index < -0.39 is 0 Å². The summed E-state index contributed by atoms with van der Waals surface area (Å²) in [6, 6.07) is 15.9. The third-order valence-electron chi connectivity index (χ3n) is 3.45. The molecule has 0 aromatic heterocycles. The Kier molecular flexibility index (Phi) is 7.74. The first-order valence-electron chi connectivity index (χ1n) is 8.24. The third kappa shape index (κ3) is 5.75. The Morgan fingerprint density at radius 3 is 2.24 bits per heavy atom. The number of nitrogens with zero attached hydrogens (tertiary/aromatic N) is 2. The number of para-hydroxylation sites is 1. The molecule has 0 aliphatic carbocycles. The maximum Gasteiger partial charge on any atom is 0.136 e. The molecule has 1 atom stereocenters. The average molecular weight is 448 g/mol. The van der Waals surface area contributed by atoms with E-state index in [1.165, 1.54) is 0 Å². The lowest BCUT2D eigenvalue weighted by atomic mass is 10.0. The van der Waals surface area contributed by atoms with Crippen molar-refractivity contribution in [3.8, 4) is 17.6 Å².